The number of hydrogen-bond donors (Lipinski definition) is 1. The Morgan fingerprint density at radius 3 is 2.68 bits per heavy atom. The quantitative estimate of drug-likeness (QED) is 0.681. The van der Waals surface area contributed by atoms with Gasteiger partial charge < -0.3 is 4.74 Å². The molecule has 0 fully saturated rings. The molecule has 0 amide bonds. The number of methoxy groups -OCH3 is 1. The summed E-state index contributed by atoms with van der Waals surface area (Å²) in [5, 5.41) is 6.01. The summed E-state index contributed by atoms with van der Waals surface area (Å²) in [5.41, 5.74) is 2.59. The van der Waals surface area contributed by atoms with Gasteiger partial charge in [-0.25, -0.2) is 4.39 Å². The average Bonchev–Trinajstić information content (AvgIpc) is 2.64. The number of halogens is 1. The lowest BCUT2D eigenvalue weighted by Crippen LogP contribution is -2.38. The van der Waals surface area contributed by atoms with Gasteiger partial charge in [-0.1, -0.05) is 0 Å². The molecule has 1 heterocycles. The highest BCUT2D eigenvalue weighted by Gasteiger charge is 2.20. The van der Waals surface area contributed by atoms with E-state index in [-0.39, 0.29) is 5.75 Å². The first kappa shape index (κ1) is 13.2. The van der Waals surface area contributed by atoms with Crippen molar-refractivity contribution in [2.45, 2.75) is 20.4 Å². The second-order valence-corrected chi connectivity index (χ2v) is 4.32. The molecule has 100 valence electrons. The Hall–Kier alpha value is -2.24. The van der Waals surface area contributed by atoms with Gasteiger partial charge in [0, 0.05) is 12.5 Å². The number of hydrogen-bond acceptors (Lipinski definition) is 3. The van der Waals surface area contributed by atoms with Gasteiger partial charge in [0.1, 0.15) is 5.69 Å². The third-order valence-corrected chi connectivity index (χ3v) is 3.05. The van der Waals surface area contributed by atoms with Crippen molar-refractivity contribution in [2.24, 2.45) is 5.18 Å². The van der Waals surface area contributed by atoms with Gasteiger partial charge in [0.25, 0.3) is 0 Å². The minimum atomic E-state index is -0.407. The first-order valence-electron chi connectivity index (χ1n) is 5.81. The van der Waals surface area contributed by atoms with Gasteiger partial charge in [-0.15, -0.1) is 9.59 Å². The second-order valence-electron chi connectivity index (χ2n) is 4.32. The van der Waals surface area contributed by atoms with E-state index in [1.54, 1.807) is 30.7 Å². The minimum Gasteiger partial charge on any atom is -0.494 e. The van der Waals surface area contributed by atoms with E-state index in [1.165, 1.54) is 13.2 Å². The van der Waals surface area contributed by atoms with Crippen LogP contribution < -0.4 is 9.42 Å². The van der Waals surface area contributed by atoms with Gasteiger partial charge in [0.15, 0.2) is 18.1 Å². The highest BCUT2D eigenvalue weighted by molar-refractivity contribution is 5.42. The Bertz CT molecular complexity index is 623. The van der Waals surface area contributed by atoms with Crippen LogP contribution in [0.2, 0.25) is 0 Å². The molecule has 0 bridgehead atoms. The maximum Gasteiger partial charge on any atom is 0.234 e. The SMILES string of the molecule is COc1ccc(C[n+]2[nH]c(C)c(N=O)c2C)cc1F. The van der Waals surface area contributed by atoms with Crippen molar-refractivity contribution in [1.82, 2.24) is 5.10 Å². The van der Waals surface area contributed by atoms with Crippen LogP contribution in [-0.4, -0.2) is 12.2 Å². The molecule has 0 spiro atoms. The highest BCUT2D eigenvalue weighted by atomic mass is 19.1. The molecule has 0 aliphatic rings. The monoisotopic (exact) mass is 264 g/mol. The molecule has 0 saturated heterocycles. The Labute approximate surface area is 110 Å². The van der Waals surface area contributed by atoms with Crippen LogP contribution in [-0.2, 0) is 6.54 Å². The van der Waals surface area contributed by atoms with Crippen molar-refractivity contribution < 1.29 is 13.8 Å². The third kappa shape index (κ3) is 2.47. The smallest absolute Gasteiger partial charge is 0.234 e. The van der Waals surface area contributed by atoms with Gasteiger partial charge in [-0.05, 0) is 30.3 Å². The van der Waals surface area contributed by atoms with E-state index in [1.807, 2.05) is 0 Å². The Morgan fingerprint density at radius 1 is 1.42 bits per heavy atom. The lowest BCUT2D eigenvalue weighted by atomic mass is 10.2. The molecule has 0 aliphatic carbocycles. The summed E-state index contributed by atoms with van der Waals surface area (Å²) in [6.07, 6.45) is 0. The van der Waals surface area contributed by atoms with E-state index >= 15 is 0 Å². The summed E-state index contributed by atoms with van der Waals surface area (Å²) in [6, 6.07) is 4.77. The molecule has 0 radical (unpaired) electrons. The van der Waals surface area contributed by atoms with E-state index < -0.39 is 5.82 Å². The zero-order valence-electron chi connectivity index (χ0n) is 11.0. The molecule has 2 rings (SSSR count). The molecule has 5 nitrogen and oxygen atoms in total. The molecular weight excluding hydrogens is 249 g/mol. The maximum absolute atomic E-state index is 13.6. The molecule has 2 aromatic rings. The van der Waals surface area contributed by atoms with Crippen molar-refractivity contribution in [3.05, 3.63) is 45.9 Å². The predicted molar refractivity (Wildman–Crippen MR) is 68.0 cm³/mol. The lowest BCUT2D eigenvalue weighted by Gasteiger charge is -2.02. The molecule has 1 N–H and O–H groups in total. The normalized spacial score (nSPS) is 10.5. The van der Waals surface area contributed by atoms with Gasteiger partial charge in [-0.3, -0.25) is 0 Å². The van der Waals surface area contributed by atoms with E-state index in [4.69, 9.17) is 4.74 Å². The predicted octanol–water partition coefficient (Wildman–Crippen LogP) is 2.51. The van der Waals surface area contributed by atoms with E-state index in [0.29, 0.717) is 17.9 Å². The Morgan fingerprint density at radius 2 is 2.16 bits per heavy atom. The molecule has 19 heavy (non-hydrogen) atoms. The summed E-state index contributed by atoms with van der Waals surface area (Å²) in [7, 11) is 1.42. The maximum atomic E-state index is 13.6. The van der Waals surface area contributed by atoms with Crippen LogP contribution in [0.5, 0.6) is 5.75 Å². The number of rotatable bonds is 4. The van der Waals surface area contributed by atoms with Crippen LogP contribution in [0.4, 0.5) is 10.1 Å². The van der Waals surface area contributed by atoms with E-state index in [9.17, 15) is 9.30 Å². The fourth-order valence-corrected chi connectivity index (χ4v) is 2.02. The van der Waals surface area contributed by atoms with Crippen molar-refractivity contribution in [3.63, 3.8) is 0 Å². The average molecular weight is 264 g/mol. The molecule has 0 saturated carbocycles. The number of nitrogens with zero attached hydrogens (tertiary/aromatic N) is 2. The number of nitrogens with one attached hydrogen (secondary N) is 1. The van der Waals surface area contributed by atoms with Crippen LogP contribution >= 0.6 is 0 Å². The second kappa shape index (κ2) is 5.17. The fourth-order valence-electron chi connectivity index (χ4n) is 2.02. The molecule has 0 aliphatic heterocycles. The van der Waals surface area contributed by atoms with Crippen LogP contribution in [0.25, 0.3) is 0 Å². The van der Waals surface area contributed by atoms with Gasteiger partial charge in [0.05, 0.1) is 7.11 Å². The number of H-pyrrole nitrogens is 1. The number of aromatic amines is 1. The van der Waals surface area contributed by atoms with Gasteiger partial charge in [-0.2, -0.15) is 5.10 Å². The standard InChI is InChI=1S/C13H14FN3O2/c1-8-13(16-18)9(2)17(15-8)7-10-4-5-12(19-3)11(14)6-10/h4-6H,7H2,1-3H3/p+1. The van der Waals surface area contributed by atoms with Crippen molar-refractivity contribution >= 4 is 5.69 Å². The van der Waals surface area contributed by atoms with Gasteiger partial charge >= 0.3 is 0 Å². The molecule has 1 aromatic heterocycles. The number of nitroso groups, excluding NO2 is 1. The van der Waals surface area contributed by atoms with Crippen LogP contribution in [0.3, 0.4) is 0 Å². The zero-order valence-corrected chi connectivity index (χ0v) is 11.0. The first-order valence-corrected chi connectivity index (χ1v) is 5.81. The number of aryl methyl sites for hydroxylation is 1. The van der Waals surface area contributed by atoms with Crippen LogP contribution in [0.1, 0.15) is 17.0 Å². The summed E-state index contributed by atoms with van der Waals surface area (Å²) in [5.74, 6) is -0.196. The van der Waals surface area contributed by atoms with Crippen molar-refractivity contribution in [1.29, 1.82) is 0 Å². The molecule has 6 heteroatoms. The van der Waals surface area contributed by atoms with Crippen molar-refractivity contribution in [3.8, 4) is 5.75 Å². The molecule has 1 aromatic carbocycles. The Balaban J connectivity index is 2.31. The summed E-state index contributed by atoms with van der Waals surface area (Å²) in [6.45, 7) is 4.00. The number of aromatic nitrogens is 2. The molecule has 0 unspecified atom stereocenters. The molecule has 0 atom stereocenters. The highest BCUT2D eigenvalue weighted by Crippen LogP contribution is 2.20. The van der Waals surface area contributed by atoms with E-state index in [0.717, 1.165) is 11.3 Å². The minimum absolute atomic E-state index is 0.211. The first-order chi connectivity index (χ1) is 9.06. The van der Waals surface area contributed by atoms with Crippen LogP contribution in [0, 0.1) is 24.6 Å². The summed E-state index contributed by atoms with van der Waals surface area (Å²) in [4.78, 5) is 10.7. The van der Waals surface area contributed by atoms with Gasteiger partial charge in [0.2, 0.25) is 11.4 Å². The topological polar surface area (TPSA) is 58.3 Å². The number of benzene rings is 1. The van der Waals surface area contributed by atoms with E-state index in [2.05, 4.69) is 10.3 Å². The largest absolute Gasteiger partial charge is 0.494 e. The lowest BCUT2D eigenvalue weighted by molar-refractivity contribution is -0.747. The molecular formula is C13H15FN3O2+. The van der Waals surface area contributed by atoms with Crippen molar-refractivity contribution in [2.75, 3.05) is 7.11 Å². The van der Waals surface area contributed by atoms with Crippen LogP contribution in [0.15, 0.2) is 23.4 Å². The zero-order chi connectivity index (χ0) is 14.0. The summed E-state index contributed by atoms with van der Waals surface area (Å²) >= 11 is 0. The third-order valence-electron chi connectivity index (χ3n) is 3.05. The Kier molecular flexibility index (Phi) is 3.59. The fraction of sp³-hybridized carbons (Fsp3) is 0.308. The number of ether oxygens (including phenoxy) is 1. The summed E-state index contributed by atoms with van der Waals surface area (Å²) < 4.78 is 20.2.